The molecule has 3 aromatic rings. The Hall–Kier alpha value is -3.13. The molecule has 7 nitrogen and oxygen atoms in total. The molecule has 0 aliphatic heterocycles. The van der Waals surface area contributed by atoms with E-state index in [4.69, 9.17) is 9.15 Å². The van der Waals surface area contributed by atoms with Crippen molar-refractivity contribution in [3.63, 3.8) is 0 Å². The number of benzene rings is 2. The molecule has 0 atom stereocenters. The summed E-state index contributed by atoms with van der Waals surface area (Å²) in [5.41, 5.74) is 4.23. The maximum atomic E-state index is 12.2. The summed E-state index contributed by atoms with van der Waals surface area (Å²) in [4.78, 5) is 24.4. The molecule has 152 valence electrons. The summed E-state index contributed by atoms with van der Waals surface area (Å²) < 4.78 is 35.4. The van der Waals surface area contributed by atoms with Crippen molar-refractivity contribution >= 4 is 38.4 Å². The molecular weight excluding hydrogens is 394 g/mol. The third-order valence-electron chi connectivity index (χ3n) is 4.55. The average Bonchev–Trinajstić information content (AvgIpc) is 3.05. The number of aryl methyl sites for hydroxylation is 2. The molecular formula is C21H21NO6S. The molecule has 0 radical (unpaired) electrons. The molecule has 0 amide bonds. The van der Waals surface area contributed by atoms with Crippen LogP contribution in [-0.2, 0) is 26.0 Å². The number of hydrogen-bond donors (Lipinski definition) is 1. The number of ketones is 1. The van der Waals surface area contributed by atoms with Crippen molar-refractivity contribution in [1.82, 2.24) is 0 Å². The molecule has 8 heteroatoms. The number of nitrogens with one attached hydrogen (secondary N) is 1. The Morgan fingerprint density at radius 1 is 1.07 bits per heavy atom. The first kappa shape index (κ1) is 20.6. The van der Waals surface area contributed by atoms with Gasteiger partial charge in [-0.15, -0.1) is 0 Å². The molecule has 0 bridgehead atoms. The maximum Gasteiger partial charge on any atom is 0.310 e. The molecule has 1 heterocycles. The van der Waals surface area contributed by atoms with E-state index in [1.165, 1.54) is 30.5 Å². The second kappa shape index (κ2) is 8.08. The first-order valence-electron chi connectivity index (χ1n) is 8.87. The fourth-order valence-electron chi connectivity index (χ4n) is 2.90. The third-order valence-corrected chi connectivity index (χ3v) is 5.16. The lowest BCUT2D eigenvalue weighted by Crippen LogP contribution is -2.16. The van der Waals surface area contributed by atoms with E-state index in [0.29, 0.717) is 16.8 Å². The molecule has 0 aliphatic carbocycles. The Labute approximate surface area is 168 Å². The van der Waals surface area contributed by atoms with Crippen molar-refractivity contribution in [2.24, 2.45) is 0 Å². The summed E-state index contributed by atoms with van der Waals surface area (Å²) in [5.74, 6) is -0.914. The highest BCUT2D eigenvalue weighted by Gasteiger charge is 2.15. The Bertz CT molecular complexity index is 1180. The molecule has 3 rings (SSSR count). The van der Waals surface area contributed by atoms with Crippen LogP contribution in [0.15, 0.2) is 47.1 Å². The molecule has 1 N–H and O–H groups in total. The molecule has 2 aromatic carbocycles. The second-order valence-corrected chi connectivity index (χ2v) is 8.61. The molecule has 0 unspecified atom stereocenters. The highest BCUT2D eigenvalue weighted by atomic mass is 32.2. The lowest BCUT2D eigenvalue weighted by Gasteiger charge is -2.06. The van der Waals surface area contributed by atoms with Gasteiger partial charge in [0.2, 0.25) is 10.0 Å². The average molecular weight is 415 g/mol. The number of carbonyl (C=O) groups is 2. The van der Waals surface area contributed by atoms with Crippen molar-refractivity contribution in [2.75, 3.05) is 17.6 Å². The van der Waals surface area contributed by atoms with E-state index >= 15 is 0 Å². The highest BCUT2D eigenvalue weighted by Crippen LogP contribution is 2.27. The van der Waals surface area contributed by atoms with Crippen LogP contribution < -0.4 is 4.72 Å². The molecule has 1 aromatic heterocycles. The van der Waals surface area contributed by atoms with Gasteiger partial charge in [0.25, 0.3) is 0 Å². The minimum Gasteiger partial charge on any atom is -0.464 e. The number of anilines is 1. The lowest BCUT2D eigenvalue weighted by molar-refractivity contribution is -0.141. The number of hydrogen-bond acceptors (Lipinski definition) is 6. The van der Waals surface area contributed by atoms with Crippen LogP contribution in [-0.4, -0.2) is 33.0 Å². The van der Waals surface area contributed by atoms with E-state index in [-0.39, 0.29) is 12.2 Å². The van der Waals surface area contributed by atoms with E-state index in [2.05, 4.69) is 4.72 Å². The zero-order valence-corrected chi connectivity index (χ0v) is 17.1. The van der Waals surface area contributed by atoms with E-state index in [1.807, 2.05) is 26.0 Å². The van der Waals surface area contributed by atoms with E-state index in [1.54, 1.807) is 0 Å². The summed E-state index contributed by atoms with van der Waals surface area (Å²) in [5, 5.41) is 0.852. The normalized spacial score (nSPS) is 11.4. The number of Topliss-reactive ketones (excluding diaryl/α,β-unsaturated/α-hetero) is 1. The summed E-state index contributed by atoms with van der Waals surface area (Å²) in [6, 6.07) is 9.75. The van der Waals surface area contributed by atoms with Crippen molar-refractivity contribution in [3.05, 3.63) is 64.9 Å². The van der Waals surface area contributed by atoms with Gasteiger partial charge in [0.1, 0.15) is 5.58 Å². The largest absolute Gasteiger partial charge is 0.464 e. The van der Waals surface area contributed by atoms with Crippen LogP contribution in [0.5, 0.6) is 0 Å². The van der Waals surface area contributed by atoms with Gasteiger partial charge in [0.05, 0.1) is 18.9 Å². The van der Waals surface area contributed by atoms with Crippen molar-refractivity contribution in [3.8, 4) is 0 Å². The number of esters is 1. The van der Waals surface area contributed by atoms with Gasteiger partial charge in [0.15, 0.2) is 12.4 Å². The van der Waals surface area contributed by atoms with Crippen molar-refractivity contribution < 1.29 is 27.2 Å². The Kier molecular flexibility index (Phi) is 5.74. The van der Waals surface area contributed by atoms with Crippen molar-refractivity contribution in [2.45, 2.75) is 20.3 Å². The lowest BCUT2D eigenvalue weighted by atomic mass is 10.0. The molecule has 0 saturated carbocycles. The second-order valence-electron chi connectivity index (χ2n) is 6.86. The van der Waals surface area contributed by atoms with Gasteiger partial charge in [-0.1, -0.05) is 12.1 Å². The first-order chi connectivity index (χ1) is 13.6. The van der Waals surface area contributed by atoms with Crippen LogP contribution in [0.3, 0.4) is 0 Å². The number of sulfonamides is 1. The Balaban J connectivity index is 1.59. The zero-order valence-electron chi connectivity index (χ0n) is 16.3. The SMILES string of the molecule is Cc1ccc2c(CC(=O)OCC(=O)c3ccc(NS(C)(=O)=O)cc3)coc2c1C. The van der Waals surface area contributed by atoms with Gasteiger partial charge in [-0.25, -0.2) is 8.42 Å². The van der Waals surface area contributed by atoms with Gasteiger partial charge in [-0.05, 0) is 49.2 Å². The van der Waals surface area contributed by atoms with Crippen LogP contribution >= 0.6 is 0 Å². The van der Waals surface area contributed by atoms with Crippen LogP contribution in [0.4, 0.5) is 5.69 Å². The zero-order chi connectivity index (χ0) is 21.2. The molecule has 0 spiro atoms. The minimum atomic E-state index is -3.39. The number of carbonyl (C=O) groups excluding carboxylic acids is 2. The number of fused-ring (bicyclic) bond motifs is 1. The highest BCUT2D eigenvalue weighted by molar-refractivity contribution is 7.92. The Morgan fingerprint density at radius 3 is 2.41 bits per heavy atom. The molecule has 29 heavy (non-hydrogen) atoms. The van der Waals surface area contributed by atoms with Crippen LogP contribution in [0.2, 0.25) is 0 Å². The number of furan rings is 1. The van der Waals surface area contributed by atoms with Crippen molar-refractivity contribution in [1.29, 1.82) is 0 Å². The minimum absolute atomic E-state index is 0.00000170. The van der Waals surface area contributed by atoms with Gasteiger partial charge in [-0.3, -0.25) is 14.3 Å². The molecule has 0 saturated heterocycles. The van der Waals surface area contributed by atoms with Crippen LogP contribution in [0, 0.1) is 13.8 Å². The molecule has 0 aliphatic rings. The summed E-state index contributed by atoms with van der Waals surface area (Å²) >= 11 is 0. The van der Waals surface area contributed by atoms with E-state index < -0.39 is 22.6 Å². The maximum absolute atomic E-state index is 12.2. The van der Waals surface area contributed by atoms with Gasteiger partial charge in [-0.2, -0.15) is 0 Å². The number of ether oxygens (including phenoxy) is 1. The van der Waals surface area contributed by atoms with Gasteiger partial charge >= 0.3 is 5.97 Å². The fourth-order valence-corrected chi connectivity index (χ4v) is 3.46. The quantitative estimate of drug-likeness (QED) is 0.469. The van der Waals surface area contributed by atoms with Gasteiger partial charge < -0.3 is 9.15 Å². The smallest absolute Gasteiger partial charge is 0.310 e. The summed E-state index contributed by atoms with van der Waals surface area (Å²) in [6.45, 7) is 3.55. The first-order valence-corrected chi connectivity index (χ1v) is 10.8. The van der Waals surface area contributed by atoms with Gasteiger partial charge in [0, 0.05) is 22.2 Å². The predicted molar refractivity (Wildman–Crippen MR) is 110 cm³/mol. The van der Waals surface area contributed by atoms with E-state index in [0.717, 1.165) is 28.4 Å². The van der Waals surface area contributed by atoms with E-state index in [9.17, 15) is 18.0 Å². The Morgan fingerprint density at radius 2 is 1.76 bits per heavy atom. The third kappa shape index (κ3) is 5.03. The monoisotopic (exact) mass is 415 g/mol. The van der Waals surface area contributed by atoms with Crippen LogP contribution in [0.25, 0.3) is 11.0 Å². The summed E-state index contributed by atoms with van der Waals surface area (Å²) in [6.07, 6.45) is 2.57. The number of rotatable bonds is 7. The predicted octanol–water partition coefficient (Wildman–Crippen LogP) is 3.39. The van der Waals surface area contributed by atoms with Crippen LogP contribution in [0.1, 0.15) is 27.0 Å². The summed E-state index contributed by atoms with van der Waals surface area (Å²) in [7, 11) is -3.39. The topological polar surface area (TPSA) is 103 Å². The fraction of sp³-hybridized carbons (Fsp3) is 0.238. The standard InChI is InChI=1S/C21H21NO6S/c1-13-4-9-18-16(11-28-21(18)14(13)2)10-20(24)27-12-19(23)15-5-7-17(8-6-15)22-29(3,25)26/h4-9,11,22H,10,12H2,1-3H3. The molecule has 0 fully saturated rings.